The molecule has 0 unspecified atom stereocenters. The third-order valence-electron chi connectivity index (χ3n) is 3.66. The summed E-state index contributed by atoms with van der Waals surface area (Å²) in [4.78, 5) is 11.0. The third kappa shape index (κ3) is 15.2. The van der Waals surface area contributed by atoms with E-state index in [2.05, 4.69) is 25.7 Å². The summed E-state index contributed by atoms with van der Waals surface area (Å²) >= 11 is 0. The van der Waals surface area contributed by atoms with Gasteiger partial charge in [0.15, 0.2) is 5.78 Å². The molecular weight excluding hydrogens is 244 g/mol. The molecule has 1 heteroatoms. The molecule has 0 aliphatic carbocycles. The van der Waals surface area contributed by atoms with E-state index in [4.69, 9.17) is 0 Å². The number of hydrogen-bond acceptors (Lipinski definition) is 1. The van der Waals surface area contributed by atoms with E-state index in [1.165, 1.54) is 76.7 Å². The Kier molecular flexibility index (Phi) is 15.5. The predicted molar refractivity (Wildman–Crippen MR) is 90.0 cm³/mol. The van der Waals surface area contributed by atoms with Crippen LogP contribution in [-0.2, 0) is 4.79 Å². The van der Waals surface area contributed by atoms with Crippen LogP contribution in [0.15, 0.2) is 24.8 Å². The quantitative estimate of drug-likeness (QED) is 0.193. The van der Waals surface area contributed by atoms with Crippen molar-refractivity contribution < 1.29 is 4.79 Å². The van der Waals surface area contributed by atoms with Crippen molar-refractivity contribution in [3.63, 3.8) is 0 Å². The summed E-state index contributed by atoms with van der Waals surface area (Å²) < 4.78 is 0. The zero-order valence-electron chi connectivity index (χ0n) is 13.5. The van der Waals surface area contributed by atoms with Gasteiger partial charge >= 0.3 is 0 Å². The minimum atomic E-state index is 0.190. The van der Waals surface area contributed by atoms with Crippen molar-refractivity contribution in [2.75, 3.05) is 0 Å². The van der Waals surface area contributed by atoms with Gasteiger partial charge in [-0.2, -0.15) is 0 Å². The molecule has 0 aliphatic heterocycles. The highest BCUT2D eigenvalue weighted by Gasteiger charge is 1.95. The van der Waals surface area contributed by atoms with Gasteiger partial charge in [-0.25, -0.2) is 0 Å². The summed E-state index contributed by atoms with van der Waals surface area (Å²) in [6.07, 6.45) is 22.2. The van der Waals surface area contributed by atoms with Gasteiger partial charge in [-0.15, -0.1) is 0 Å². The number of rotatable bonds is 15. The van der Waals surface area contributed by atoms with Crippen LogP contribution in [0.2, 0.25) is 0 Å². The zero-order chi connectivity index (χ0) is 14.9. The molecule has 0 radical (unpaired) electrons. The van der Waals surface area contributed by atoms with Crippen molar-refractivity contribution in [2.24, 2.45) is 0 Å². The van der Waals surface area contributed by atoms with Gasteiger partial charge in [-0.05, 0) is 38.2 Å². The number of allylic oxidation sites excluding steroid dienone is 3. The topological polar surface area (TPSA) is 17.1 Å². The van der Waals surface area contributed by atoms with Crippen LogP contribution in [0.1, 0.15) is 90.4 Å². The highest BCUT2D eigenvalue weighted by molar-refractivity contribution is 5.88. The summed E-state index contributed by atoms with van der Waals surface area (Å²) in [5.74, 6) is 0.190. The van der Waals surface area contributed by atoms with E-state index in [9.17, 15) is 4.79 Å². The highest BCUT2D eigenvalue weighted by Crippen LogP contribution is 2.10. The van der Waals surface area contributed by atoms with Gasteiger partial charge in [-0.3, -0.25) is 4.79 Å². The van der Waals surface area contributed by atoms with E-state index in [0.717, 1.165) is 6.42 Å². The molecule has 1 nitrogen and oxygen atoms in total. The van der Waals surface area contributed by atoms with E-state index < -0.39 is 0 Å². The Labute approximate surface area is 126 Å². The number of unbranched alkanes of at least 4 members (excludes halogenated alkanes) is 10. The minimum Gasteiger partial charge on any atom is -0.295 e. The van der Waals surface area contributed by atoms with Crippen molar-refractivity contribution in [1.82, 2.24) is 0 Å². The molecule has 0 rings (SSSR count). The molecule has 0 heterocycles. The lowest BCUT2D eigenvalue weighted by Gasteiger charge is -2.00. The van der Waals surface area contributed by atoms with Crippen LogP contribution in [0.5, 0.6) is 0 Å². The van der Waals surface area contributed by atoms with Crippen molar-refractivity contribution >= 4 is 5.78 Å². The summed E-state index contributed by atoms with van der Waals surface area (Å²) in [5.41, 5.74) is 0. The molecule has 0 saturated carbocycles. The van der Waals surface area contributed by atoms with E-state index in [0.29, 0.717) is 6.42 Å². The van der Waals surface area contributed by atoms with Crippen LogP contribution < -0.4 is 0 Å². The van der Waals surface area contributed by atoms with Crippen LogP contribution in [-0.4, -0.2) is 5.78 Å². The zero-order valence-corrected chi connectivity index (χ0v) is 13.5. The molecule has 0 spiro atoms. The molecule has 0 aromatic rings. The number of hydrogen-bond donors (Lipinski definition) is 0. The molecule has 116 valence electrons. The normalized spacial score (nSPS) is 11.1. The second-order valence-electron chi connectivity index (χ2n) is 5.65. The monoisotopic (exact) mass is 278 g/mol. The lowest BCUT2D eigenvalue weighted by Crippen LogP contribution is -1.91. The molecule has 0 bridgehead atoms. The smallest absolute Gasteiger partial charge is 0.155 e. The molecule has 0 aromatic heterocycles. The Morgan fingerprint density at radius 3 is 1.85 bits per heavy atom. The standard InChI is InChI=1S/C19H34O/c1-3-5-6-7-8-9-10-11-12-13-14-15-16-17-18-19(20)4-2/h4,8-9H,2-3,5-7,10-18H2,1H3. The molecule has 0 aromatic carbocycles. The lowest BCUT2D eigenvalue weighted by molar-refractivity contribution is -0.114. The van der Waals surface area contributed by atoms with E-state index in [1.807, 2.05) is 0 Å². The number of ketones is 1. The second-order valence-corrected chi connectivity index (χ2v) is 5.65. The SMILES string of the molecule is C=CC(=O)CCCCCCCCCC=CCCCCC. The van der Waals surface area contributed by atoms with Crippen LogP contribution in [0.4, 0.5) is 0 Å². The van der Waals surface area contributed by atoms with E-state index >= 15 is 0 Å². The molecular formula is C19H34O. The van der Waals surface area contributed by atoms with Gasteiger partial charge in [0.1, 0.15) is 0 Å². The first-order chi connectivity index (χ1) is 9.81. The molecule has 0 aliphatic rings. The molecule has 20 heavy (non-hydrogen) atoms. The molecule has 0 atom stereocenters. The maximum absolute atomic E-state index is 11.0. The molecule has 0 fully saturated rings. The molecule has 0 amide bonds. The lowest BCUT2D eigenvalue weighted by atomic mass is 10.1. The summed E-state index contributed by atoms with van der Waals surface area (Å²) in [7, 11) is 0. The Balaban J connectivity index is 3.09. The third-order valence-corrected chi connectivity index (χ3v) is 3.66. The van der Waals surface area contributed by atoms with E-state index in [-0.39, 0.29) is 5.78 Å². The first-order valence-corrected chi connectivity index (χ1v) is 8.61. The maximum atomic E-state index is 11.0. The maximum Gasteiger partial charge on any atom is 0.155 e. The van der Waals surface area contributed by atoms with E-state index in [1.54, 1.807) is 0 Å². The first-order valence-electron chi connectivity index (χ1n) is 8.61. The molecule has 0 N–H and O–H groups in total. The fourth-order valence-corrected chi connectivity index (χ4v) is 2.30. The van der Waals surface area contributed by atoms with Crippen molar-refractivity contribution in [3.8, 4) is 0 Å². The van der Waals surface area contributed by atoms with Crippen LogP contribution >= 0.6 is 0 Å². The number of carbonyl (C=O) groups is 1. The fraction of sp³-hybridized carbons (Fsp3) is 0.737. The van der Waals surface area contributed by atoms with Gasteiger partial charge in [0.05, 0.1) is 0 Å². The Morgan fingerprint density at radius 1 is 0.800 bits per heavy atom. The fourth-order valence-electron chi connectivity index (χ4n) is 2.30. The Morgan fingerprint density at radius 2 is 1.30 bits per heavy atom. The van der Waals surface area contributed by atoms with Gasteiger partial charge in [0.25, 0.3) is 0 Å². The van der Waals surface area contributed by atoms with Gasteiger partial charge in [0.2, 0.25) is 0 Å². The first kappa shape index (κ1) is 19.1. The van der Waals surface area contributed by atoms with Crippen molar-refractivity contribution in [2.45, 2.75) is 90.4 Å². The summed E-state index contributed by atoms with van der Waals surface area (Å²) in [5, 5.41) is 0. The largest absolute Gasteiger partial charge is 0.295 e. The summed E-state index contributed by atoms with van der Waals surface area (Å²) in [6, 6.07) is 0. The number of carbonyl (C=O) groups excluding carboxylic acids is 1. The Bertz CT molecular complexity index is 252. The predicted octanol–water partition coefficient (Wildman–Crippen LogP) is 6.39. The molecule has 0 saturated heterocycles. The minimum absolute atomic E-state index is 0.190. The van der Waals surface area contributed by atoms with Crippen LogP contribution in [0.25, 0.3) is 0 Å². The van der Waals surface area contributed by atoms with Gasteiger partial charge in [-0.1, -0.05) is 70.6 Å². The average molecular weight is 278 g/mol. The second kappa shape index (κ2) is 16.2. The van der Waals surface area contributed by atoms with Crippen molar-refractivity contribution in [1.29, 1.82) is 0 Å². The Hall–Kier alpha value is -0.850. The summed E-state index contributed by atoms with van der Waals surface area (Å²) in [6.45, 7) is 5.74. The highest BCUT2D eigenvalue weighted by atomic mass is 16.1. The average Bonchev–Trinajstić information content (AvgIpc) is 2.47. The van der Waals surface area contributed by atoms with Crippen LogP contribution in [0.3, 0.4) is 0 Å². The van der Waals surface area contributed by atoms with Crippen molar-refractivity contribution in [3.05, 3.63) is 24.8 Å². The van der Waals surface area contributed by atoms with Gasteiger partial charge in [0, 0.05) is 6.42 Å². The van der Waals surface area contributed by atoms with Gasteiger partial charge < -0.3 is 0 Å². The van der Waals surface area contributed by atoms with Crippen LogP contribution in [0, 0.1) is 0 Å².